The molecule has 0 radical (unpaired) electrons. The van der Waals surface area contributed by atoms with Crippen molar-refractivity contribution in [3.63, 3.8) is 0 Å². The van der Waals surface area contributed by atoms with Gasteiger partial charge in [0.1, 0.15) is 17.5 Å². The Hall–Kier alpha value is -1.89. The first-order valence-electron chi connectivity index (χ1n) is 5.91. The number of esters is 1. The minimum Gasteiger partial charge on any atom is -0.497 e. The predicted octanol–water partition coefficient (Wildman–Crippen LogP) is 1.90. The molecule has 112 valence electrons. The maximum Gasteiger partial charge on any atom is 0.379 e. The maximum atomic E-state index is 13.9. The van der Waals surface area contributed by atoms with Gasteiger partial charge in [-0.25, -0.2) is 4.79 Å². The Kier molecular flexibility index (Phi) is 5.26. The van der Waals surface area contributed by atoms with Crippen LogP contribution >= 0.6 is 0 Å². The van der Waals surface area contributed by atoms with E-state index in [1.54, 1.807) is 0 Å². The van der Waals surface area contributed by atoms with E-state index in [0.717, 1.165) is 0 Å². The zero-order valence-electron chi connectivity index (χ0n) is 11.5. The van der Waals surface area contributed by atoms with Gasteiger partial charge in [-0.3, -0.25) is 0 Å². The second-order valence-corrected chi connectivity index (χ2v) is 3.93. The smallest absolute Gasteiger partial charge is 0.379 e. The molecular formula is C13H17F2NO4. The summed E-state index contributed by atoms with van der Waals surface area (Å²) in [5.41, 5.74) is 5.49. The number of nitrogens with two attached hydrogens (primary N) is 1. The van der Waals surface area contributed by atoms with E-state index in [4.69, 9.17) is 15.2 Å². The number of rotatable bonds is 6. The van der Waals surface area contributed by atoms with Crippen LogP contribution in [0, 0.1) is 0 Å². The average Bonchev–Trinajstić information content (AvgIpc) is 2.45. The van der Waals surface area contributed by atoms with Gasteiger partial charge < -0.3 is 19.9 Å². The van der Waals surface area contributed by atoms with E-state index in [1.807, 2.05) is 0 Å². The highest BCUT2D eigenvalue weighted by molar-refractivity contribution is 5.79. The van der Waals surface area contributed by atoms with E-state index in [2.05, 4.69) is 4.74 Å². The molecule has 0 aliphatic carbocycles. The Morgan fingerprint density at radius 3 is 2.50 bits per heavy atom. The molecule has 1 rings (SSSR count). The number of carbonyl (C=O) groups excluding carboxylic acids is 1. The second kappa shape index (κ2) is 6.51. The fourth-order valence-corrected chi connectivity index (χ4v) is 1.62. The Morgan fingerprint density at radius 1 is 1.35 bits per heavy atom. The number of hydrogen-bond donors (Lipinski definition) is 1. The fraction of sp³-hybridized carbons (Fsp3) is 0.462. The Labute approximate surface area is 115 Å². The average molecular weight is 289 g/mol. The van der Waals surface area contributed by atoms with Gasteiger partial charge in [0.2, 0.25) is 0 Å². The van der Waals surface area contributed by atoms with Crippen LogP contribution in [0.5, 0.6) is 11.5 Å². The van der Waals surface area contributed by atoms with Crippen molar-refractivity contribution in [2.24, 2.45) is 5.73 Å². The van der Waals surface area contributed by atoms with E-state index in [0.29, 0.717) is 5.75 Å². The fourth-order valence-electron chi connectivity index (χ4n) is 1.62. The van der Waals surface area contributed by atoms with Crippen LogP contribution < -0.4 is 15.2 Å². The molecule has 1 aromatic carbocycles. The third kappa shape index (κ3) is 3.16. The lowest BCUT2D eigenvalue weighted by atomic mass is 10.00. The molecule has 0 heterocycles. The van der Waals surface area contributed by atoms with Crippen molar-refractivity contribution in [1.82, 2.24) is 0 Å². The zero-order valence-corrected chi connectivity index (χ0v) is 11.5. The summed E-state index contributed by atoms with van der Waals surface area (Å²) >= 11 is 0. The van der Waals surface area contributed by atoms with Crippen LogP contribution in [0.3, 0.4) is 0 Å². The van der Waals surface area contributed by atoms with Crippen LogP contribution in [0.1, 0.15) is 18.5 Å². The van der Waals surface area contributed by atoms with Gasteiger partial charge in [-0.2, -0.15) is 8.78 Å². The largest absolute Gasteiger partial charge is 0.497 e. The van der Waals surface area contributed by atoms with Crippen LogP contribution in [-0.4, -0.2) is 32.7 Å². The van der Waals surface area contributed by atoms with Gasteiger partial charge in [0.15, 0.2) is 0 Å². The van der Waals surface area contributed by atoms with E-state index >= 15 is 0 Å². The topological polar surface area (TPSA) is 70.8 Å². The molecule has 0 aromatic heterocycles. The quantitative estimate of drug-likeness (QED) is 0.810. The highest BCUT2D eigenvalue weighted by atomic mass is 19.3. The zero-order chi connectivity index (χ0) is 15.3. The highest BCUT2D eigenvalue weighted by Gasteiger charge is 2.48. The van der Waals surface area contributed by atoms with Crippen molar-refractivity contribution in [2.75, 3.05) is 20.8 Å². The normalized spacial score (nSPS) is 12.7. The summed E-state index contributed by atoms with van der Waals surface area (Å²) in [5.74, 6) is -4.97. The third-order valence-electron chi connectivity index (χ3n) is 2.71. The van der Waals surface area contributed by atoms with Crippen molar-refractivity contribution in [3.8, 4) is 11.5 Å². The Morgan fingerprint density at radius 2 is 2.00 bits per heavy atom. The Balaban J connectivity index is 3.13. The van der Waals surface area contributed by atoms with Crippen molar-refractivity contribution < 1.29 is 27.8 Å². The Bertz CT molecular complexity index is 479. The van der Waals surface area contributed by atoms with Gasteiger partial charge in [0.25, 0.3) is 0 Å². The number of benzene rings is 1. The first-order chi connectivity index (χ1) is 9.38. The minimum absolute atomic E-state index is 0.00801. The van der Waals surface area contributed by atoms with Crippen molar-refractivity contribution in [3.05, 3.63) is 23.8 Å². The van der Waals surface area contributed by atoms with Gasteiger partial charge in [0, 0.05) is 11.6 Å². The summed E-state index contributed by atoms with van der Waals surface area (Å²) in [7, 11) is 2.75. The van der Waals surface area contributed by atoms with E-state index in [9.17, 15) is 13.6 Å². The number of ether oxygens (including phenoxy) is 3. The molecule has 0 unspecified atom stereocenters. The molecule has 0 saturated carbocycles. The molecule has 20 heavy (non-hydrogen) atoms. The standard InChI is InChI=1S/C13H17F2NO4/c1-4-20-12(17)13(14,15)11(16)9-6-5-8(18-2)7-10(9)19-3/h5-7,11H,4,16H2,1-3H3/t11-/m1/s1. The molecular weight excluding hydrogens is 272 g/mol. The van der Waals surface area contributed by atoms with E-state index < -0.39 is 17.9 Å². The number of hydrogen-bond acceptors (Lipinski definition) is 5. The lowest BCUT2D eigenvalue weighted by molar-refractivity contribution is -0.174. The molecule has 0 aliphatic heterocycles. The van der Waals surface area contributed by atoms with Crippen LogP contribution in [0.25, 0.3) is 0 Å². The number of methoxy groups -OCH3 is 2. The van der Waals surface area contributed by atoms with Crippen LogP contribution in [0.15, 0.2) is 18.2 Å². The van der Waals surface area contributed by atoms with E-state index in [-0.39, 0.29) is 17.9 Å². The molecule has 0 saturated heterocycles. The molecule has 0 amide bonds. The summed E-state index contributed by atoms with van der Waals surface area (Å²) in [6.07, 6.45) is 0. The highest BCUT2D eigenvalue weighted by Crippen LogP contribution is 2.37. The SMILES string of the molecule is CCOC(=O)C(F)(F)[C@H](N)c1ccc(OC)cc1OC. The molecule has 0 bridgehead atoms. The third-order valence-corrected chi connectivity index (χ3v) is 2.71. The monoisotopic (exact) mass is 289 g/mol. The lowest BCUT2D eigenvalue weighted by Gasteiger charge is -2.23. The van der Waals surface area contributed by atoms with Gasteiger partial charge >= 0.3 is 11.9 Å². The molecule has 0 aliphatic rings. The van der Waals surface area contributed by atoms with Gasteiger partial charge in [0.05, 0.1) is 20.8 Å². The van der Waals surface area contributed by atoms with Crippen molar-refractivity contribution in [2.45, 2.75) is 18.9 Å². The van der Waals surface area contributed by atoms with Gasteiger partial charge in [-0.15, -0.1) is 0 Å². The summed E-state index contributed by atoms with van der Waals surface area (Å²) in [5, 5.41) is 0. The molecule has 0 fully saturated rings. The predicted molar refractivity (Wildman–Crippen MR) is 68.1 cm³/mol. The molecule has 1 aromatic rings. The molecule has 2 N–H and O–H groups in total. The van der Waals surface area contributed by atoms with Gasteiger partial charge in [-0.05, 0) is 19.1 Å². The van der Waals surface area contributed by atoms with Crippen molar-refractivity contribution in [1.29, 1.82) is 0 Å². The summed E-state index contributed by atoms with van der Waals surface area (Å²) in [6, 6.07) is 2.33. The number of halogens is 2. The minimum atomic E-state index is -3.85. The summed E-state index contributed by atoms with van der Waals surface area (Å²) in [4.78, 5) is 11.3. The van der Waals surface area contributed by atoms with Crippen molar-refractivity contribution >= 4 is 5.97 Å². The van der Waals surface area contributed by atoms with E-state index in [1.165, 1.54) is 39.3 Å². The summed E-state index contributed by atoms with van der Waals surface area (Å²) in [6.45, 7) is 1.29. The first kappa shape index (κ1) is 16.2. The number of alkyl halides is 2. The lowest BCUT2D eigenvalue weighted by Crippen LogP contribution is -2.41. The summed E-state index contributed by atoms with van der Waals surface area (Å²) < 4.78 is 42.1. The second-order valence-electron chi connectivity index (χ2n) is 3.93. The van der Waals surface area contributed by atoms with Crippen LogP contribution in [0.4, 0.5) is 8.78 Å². The number of carbonyl (C=O) groups is 1. The first-order valence-corrected chi connectivity index (χ1v) is 5.91. The molecule has 7 heteroatoms. The molecule has 5 nitrogen and oxygen atoms in total. The molecule has 1 atom stereocenters. The van der Waals surface area contributed by atoms with Crippen LogP contribution in [0.2, 0.25) is 0 Å². The maximum absolute atomic E-state index is 13.9. The molecule has 0 spiro atoms. The van der Waals surface area contributed by atoms with Crippen LogP contribution in [-0.2, 0) is 9.53 Å². The van der Waals surface area contributed by atoms with Gasteiger partial charge in [-0.1, -0.05) is 0 Å².